The van der Waals surface area contributed by atoms with E-state index in [0.29, 0.717) is 17.5 Å². The van der Waals surface area contributed by atoms with Crippen LogP contribution in [0.1, 0.15) is 30.7 Å². The molecule has 5 nitrogen and oxygen atoms in total. The van der Waals surface area contributed by atoms with E-state index in [-0.39, 0.29) is 12.4 Å². The predicted molar refractivity (Wildman–Crippen MR) is 123 cm³/mol. The second kappa shape index (κ2) is 9.92. The highest BCUT2D eigenvalue weighted by molar-refractivity contribution is 6.30. The normalized spacial score (nSPS) is 16.2. The molecule has 2 heterocycles. The Morgan fingerprint density at radius 3 is 2.50 bits per heavy atom. The third-order valence-electron chi connectivity index (χ3n) is 5.60. The standard InChI is InChI=1S/C23H26ClN3O2.ClH/c1-17-25-21-6-3-2-5-20(21)22(26-17)29-16-4-13-27-14-11-23(28,12-15-27)18-7-9-19(24)10-8-18;/h2-3,5-10,28H,4,11-16H2,1H3;1H. The lowest BCUT2D eigenvalue weighted by Crippen LogP contribution is -2.43. The number of aryl methyl sites for hydroxylation is 1. The van der Waals surface area contributed by atoms with E-state index in [1.807, 2.05) is 55.5 Å². The SMILES string of the molecule is Cc1nc(OCCCN2CCC(O)(c3ccc(Cl)cc3)CC2)c2ccccc2n1.Cl. The van der Waals surface area contributed by atoms with Gasteiger partial charge in [-0.2, -0.15) is 4.98 Å². The van der Waals surface area contributed by atoms with Crippen LogP contribution < -0.4 is 4.74 Å². The fraction of sp³-hybridized carbons (Fsp3) is 0.391. The van der Waals surface area contributed by atoms with E-state index in [4.69, 9.17) is 16.3 Å². The number of halogens is 2. The van der Waals surface area contributed by atoms with Crippen molar-refractivity contribution in [3.63, 3.8) is 0 Å². The van der Waals surface area contributed by atoms with Gasteiger partial charge in [-0.3, -0.25) is 0 Å². The molecule has 160 valence electrons. The van der Waals surface area contributed by atoms with Gasteiger partial charge in [0, 0.05) is 24.7 Å². The van der Waals surface area contributed by atoms with Crippen LogP contribution >= 0.6 is 24.0 Å². The van der Waals surface area contributed by atoms with E-state index in [1.54, 1.807) is 0 Å². The number of ether oxygens (including phenoxy) is 1. The summed E-state index contributed by atoms with van der Waals surface area (Å²) >= 11 is 5.97. The van der Waals surface area contributed by atoms with Crippen molar-refractivity contribution in [3.05, 3.63) is 64.9 Å². The zero-order chi connectivity index (χ0) is 20.3. The molecule has 3 aromatic rings. The topological polar surface area (TPSA) is 58.5 Å². The van der Waals surface area contributed by atoms with Crippen molar-refractivity contribution in [1.29, 1.82) is 0 Å². The fourth-order valence-corrected chi connectivity index (χ4v) is 4.05. The molecule has 1 aromatic heterocycles. The molecule has 30 heavy (non-hydrogen) atoms. The minimum absolute atomic E-state index is 0. The summed E-state index contributed by atoms with van der Waals surface area (Å²) in [4.78, 5) is 11.3. The second-order valence-electron chi connectivity index (χ2n) is 7.68. The molecule has 0 spiro atoms. The summed E-state index contributed by atoms with van der Waals surface area (Å²) in [5.74, 6) is 1.38. The Balaban J connectivity index is 0.00000256. The number of fused-ring (bicyclic) bond motifs is 1. The number of nitrogens with zero attached hydrogens (tertiary/aromatic N) is 3. The molecule has 1 fully saturated rings. The van der Waals surface area contributed by atoms with Crippen molar-refractivity contribution in [2.24, 2.45) is 0 Å². The van der Waals surface area contributed by atoms with Crippen molar-refractivity contribution >= 4 is 34.9 Å². The number of hydrogen-bond acceptors (Lipinski definition) is 5. The molecule has 2 aromatic carbocycles. The zero-order valence-electron chi connectivity index (χ0n) is 17.1. The molecule has 0 amide bonds. The van der Waals surface area contributed by atoms with Crippen molar-refractivity contribution in [2.75, 3.05) is 26.2 Å². The lowest BCUT2D eigenvalue weighted by Gasteiger charge is -2.38. The number of benzene rings is 2. The molecule has 0 radical (unpaired) electrons. The van der Waals surface area contributed by atoms with Gasteiger partial charge in [-0.1, -0.05) is 35.9 Å². The van der Waals surface area contributed by atoms with Crippen molar-refractivity contribution in [1.82, 2.24) is 14.9 Å². The maximum Gasteiger partial charge on any atom is 0.224 e. The number of hydrogen-bond donors (Lipinski definition) is 1. The van der Waals surface area contributed by atoms with Crippen LogP contribution in [0.2, 0.25) is 5.02 Å². The van der Waals surface area contributed by atoms with Gasteiger partial charge in [0.2, 0.25) is 5.88 Å². The number of aromatic nitrogens is 2. The van der Waals surface area contributed by atoms with Crippen LogP contribution in [0.4, 0.5) is 0 Å². The van der Waals surface area contributed by atoms with Gasteiger partial charge in [-0.05, 0) is 56.0 Å². The number of piperidine rings is 1. The van der Waals surface area contributed by atoms with E-state index in [1.165, 1.54) is 0 Å². The van der Waals surface area contributed by atoms with Crippen molar-refractivity contribution < 1.29 is 9.84 Å². The van der Waals surface area contributed by atoms with E-state index in [0.717, 1.165) is 61.2 Å². The summed E-state index contributed by atoms with van der Waals surface area (Å²) in [5, 5.41) is 12.6. The highest BCUT2D eigenvalue weighted by Gasteiger charge is 2.33. The lowest BCUT2D eigenvalue weighted by molar-refractivity contribution is -0.0265. The molecule has 0 bridgehead atoms. The Labute approximate surface area is 188 Å². The highest BCUT2D eigenvalue weighted by atomic mass is 35.5. The van der Waals surface area contributed by atoms with E-state index in [9.17, 15) is 5.11 Å². The highest BCUT2D eigenvalue weighted by Crippen LogP contribution is 2.33. The summed E-state index contributed by atoms with van der Waals surface area (Å²) < 4.78 is 5.97. The number of para-hydroxylation sites is 1. The molecule has 1 saturated heterocycles. The number of rotatable bonds is 6. The maximum absolute atomic E-state index is 11.0. The predicted octanol–water partition coefficient (Wildman–Crippen LogP) is 4.77. The maximum atomic E-state index is 11.0. The van der Waals surface area contributed by atoms with Gasteiger partial charge >= 0.3 is 0 Å². The van der Waals surface area contributed by atoms with Gasteiger partial charge in [0.1, 0.15) is 5.82 Å². The average molecular weight is 448 g/mol. The third-order valence-corrected chi connectivity index (χ3v) is 5.85. The van der Waals surface area contributed by atoms with Crippen LogP contribution in [0, 0.1) is 6.92 Å². The van der Waals surface area contributed by atoms with Gasteiger partial charge in [-0.25, -0.2) is 4.98 Å². The molecule has 0 aliphatic carbocycles. The Kier molecular flexibility index (Phi) is 7.53. The molecule has 0 unspecified atom stereocenters. The summed E-state index contributed by atoms with van der Waals surface area (Å²) in [6.45, 7) is 5.18. The Morgan fingerprint density at radius 1 is 1.07 bits per heavy atom. The van der Waals surface area contributed by atoms with Gasteiger partial charge in [-0.15, -0.1) is 12.4 Å². The molecular weight excluding hydrogens is 421 g/mol. The minimum Gasteiger partial charge on any atom is -0.477 e. The van der Waals surface area contributed by atoms with Crippen LogP contribution in [-0.4, -0.2) is 46.2 Å². The first kappa shape index (κ1) is 22.8. The van der Waals surface area contributed by atoms with Crippen LogP contribution in [0.25, 0.3) is 10.9 Å². The van der Waals surface area contributed by atoms with Gasteiger partial charge in [0.15, 0.2) is 0 Å². The van der Waals surface area contributed by atoms with Crippen molar-refractivity contribution in [2.45, 2.75) is 31.8 Å². The molecule has 0 saturated carbocycles. The number of likely N-dealkylation sites (tertiary alicyclic amines) is 1. The fourth-order valence-electron chi connectivity index (χ4n) is 3.92. The van der Waals surface area contributed by atoms with Crippen LogP contribution in [0.5, 0.6) is 5.88 Å². The monoisotopic (exact) mass is 447 g/mol. The summed E-state index contributed by atoms with van der Waals surface area (Å²) in [6.07, 6.45) is 2.37. The molecule has 1 aliphatic rings. The first-order valence-corrected chi connectivity index (χ1v) is 10.5. The Bertz CT molecular complexity index is 974. The van der Waals surface area contributed by atoms with E-state index >= 15 is 0 Å². The summed E-state index contributed by atoms with van der Waals surface area (Å²) in [6, 6.07) is 15.5. The number of aliphatic hydroxyl groups is 1. The van der Waals surface area contributed by atoms with Crippen LogP contribution in [0.15, 0.2) is 48.5 Å². The molecule has 4 rings (SSSR count). The quantitative estimate of drug-likeness (QED) is 0.551. The first-order valence-electron chi connectivity index (χ1n) is 10.1. The van der Waals surface area contributed by atoms with Crippen LogP contribution in [0.3, 0.4) is 0 Å². The smallest absolute Gasteiger partial charge is 0.224 e. The van der Waals surface area contributed by atoms with E-state index < -0.39 is 5.60 Å². The van der Waals surface area contributed by atoms with Gasteiger partial charge < -0.3 is 14.7 Å². The van der Waals surface area contributed by atoms with Gasteiger partial charge in [0.05, 0.1) is 23.1 Å². The van der Waals surface area contributed by atoms with Gasteiger partial charge in [0.25, 0.3) is 0 Å². The Hall–Kier alpha value is -1.92. The second-order valence-corrected chi connectivity index (χ2v) is 8.11. The summed E-state index contributed by atoms with van der Waals surface area (Å²) in [5.41, 5.74) is 1.11. The molecular formula is C23H27Cl2N3O2. The van der Waals surface area contributed by atoms with E-state index in [2.05, 4.69) is 14.9 Å². The van der Waals surface area contributed by atoms with Crippen molar-refractivity contribution in [3.8, 4) is 5.88 Å². The molecule has 0 atom stereocenters. The molecule has 1 aliphatic heterocycles. The molecule has 1 N–H and O–H groups in total. The first-order chi connectivity index (χ1) is 14.0. The molecule has 7 heteroatoms. The summed E-state index contributed by atoms with van der Waals surface area (Å²) in [7, 11) is 0. The minimum atomic E-state index is -0.755. The lowest BCUT2D eigenvalue weighted by atomic mass is 9.84. The third kappa shape index (κ3) is 5.22. The largest absolute Gasteiger partial charge is 0.477 e. The van der Waals surface area contributed by atoms with Crippen LogP contribution in [-0.2, 0) is 5.60 Å². The zero-order valence-corrected chi connectivity index (χ0v) is 18.6. The Morgan fingerprint density at radius 2 is 1.77 bits per heavy atom. The average Bonchev–Trinajstić information content (AvgIpc) is 2.73.